The lowest BCUT2D eigenvalue weighted by atomic mass is 10.1. The lowest BCUT2D eigenvalue weighted by molar-refractivity contribution is -0.120. The van der Waals surface area contributed by atoms with Crippen LogP contribution in [0.5, 0.6) is 0 Å². The van der Waals surface area contributed by atoms with Gasteiger partial charge in [0.15, 0.2) is 0 Å². The van der Waals surface area contributed by atoms with E-state index in [1.807, 2.05) is 24.3 Å². The summed E-state index contributed by atoms with van der Waals surface area (Å²) in [5.41, 5.74) is 0.159. The highest BCUT2D eigenvalue weighted by Gasteiger charge is 2.22. The summed E-state index contributed by atoms with van der Waals surface area (Å²) in [4.78, 5) is 12.6. The van der Waals surface area contributed by atoms with E-state index in [0.29, 0.717) is 0 Å². The number of thiol groups is 1. The first-order valence-corrected chi connectivity index (χ1v) is 8.45. The van der Waals surface area contributed by atoms with Crippen molar-refractivity contribution in [2.75, 3.05) is 12.8 Å². The Kier molecular flexibility index (Phi) is 5.61. The fourth-order valence-electron chi connectivity index (χ4n) is 1.72. The maximum absolute atomic E-state index is 11.8. The summed E-state index contributed by atoms with van der Waals surface area (Å²) in [5.74, 6) is -0.153. The van der Waals surface area contributed by atoms with Gasteiger partial charge in [0.05, 0.1) is 12.7 Å². The molecule has 0 aliphatic rings. The maximum Gasteiger partial charge on any atom is 0.224 e. The van der Waals surface area contributed by atoms with Gasteiger partial charge in [0.1, 0.15) is 0 Å². The molecule has 0 saturated carbocycles. The predicted octanol–water partition coefficient (Wildman–Crippen LogP) is 0.962. The van der Waals surface area contributed by atoms with Crippen molar-refractivity contribution in [2.45, 2.75) is 30.7 Å². The van der Waals surface area contributed by atoms with Gasteiger partial charge in [-0.3, -0.25) is 4.79 Å². The van der Waals surface area contributed by atoms with Gasteiger partial charge >= 0.3 is 0 Å². The lowest BCUT2D eigenvalue weighted by Gasteiger charge is -2.25. The summed E-state index contributed by atoms with van der Waals surface area (Å²) in [6.07, 6.45) is 1.35. The molecular weight excluding hydrogens is 296 g/mol. The molecule has 0 aromatic heterocycles. The van der Waals surface area contributed by atoms with E-state index in [1.54, 1.807) is 13.8 Å². The number of nitrogens with one attached hydrogen (secondary N) is 2. The molecule has 1 rings (SSSR count). The smallest absolute Gasteiger partial charge is 0.224 e. The van der Waals surface area contributed by atoms with Crippen LogP contribution >= 0.6 is 12.6 Å². The number of benzene rings is 1. The summed E-state index contributed by atoms with van der Waals surface area (Å²) < 4.78 is 24.8. The lowest BCUT2D eigenvalue weighted by Crippen LogP contribution is -2.51. The number of rotatable bonds is 6. The largest absolute Gasteiger partial charge is 0.354 e. The van der Waals surface area contributed by atoms with E-state index in [2.05, 4.69) is 22.7 Å². The number of amides is 1. The quantitative estimate of drug-likeness (QED) is 0.684. The van der Waals surface area contributed by atoms with Gasteiger partial charge in [0, 0.05) is 17.0 Å². The monoisotopic (exact) mass is 316 g/mol. The molecular formula is C13H20N2O3S2. The van der Waals surface area contributed by atoms with E-state index in [1.165, 1.54) is 0 Å². The van der Waals surface area contributed by atoms with Crippen LogP contribution in [0.2, 0.25) is 0 Å². The van der Waals surface area contributed by atoms with Crippen molar-refractivity contribution in [3.05, 3.63) is 29.8 Å². The van der Waals surface area contributed by atoms with Gasteiger partial charge in [0.2, 0.25) is 15.9 Å². The Morgan fingerprint density at radius 2 is 1.80 bits per heavy atom. The molecule has 0 radical (unpaired) electrons. The number of sulfonamides is 1. The number of carbonyl (C=O) groups excluding carboxylic acids is 1. The Balaban J connectivity index is 2.49. The van der Waals surface area contributed by atoms with Crippen molar-refractivity contribution < 1.29 is 13.2 Å². The second-order valence-corrected chi connectivity index (χ2v) is 7.64. The fourth-order valence-corrected chi connectivity index (χ4v) is 2.94. The van der Waals surface area contributed by atoms with Crippen molar-refractivity contribution in [2.24, 2.45) is 0 Å². The first kappa shape index (κ1) is 17.0. The molecule has 0 bridgehead atoms. The van der Waals surface area contributed by atoms with E-state index >= 15 is 0 Å². The molecule has 0 saturated heterocycles. The molecule has 1 aromatic rings. The van der Waals surface area contributed by atoms with E-state index in [9.17, 15) is 13.2 Å². The minimum absolute atomic E-state index is 0.153. The van der Waals surface area contributed by atoms with Gasteiger partial charge in [-0.25, -0.2) is 13.1 Å². The highest BCUT2D eigenvalue weighted by Crippen LogP contribution is 2.08. The van der Waals surface area contributed by atoms with Crippen LogP contribution in [-0.2, 0) is 21.2 Å². The zero-order valence-corrected chi connectivity index (χ0v) is 13.5. The highest BCUT2D eigenvalue weighted by atomic mass is 32.2. The third-order valence-corrected chi connectivity index (χ3v) is 3.71. The van der Waals surface area contributed by atoms with Crippen LogP contribution < -0.4 is 10.0 Å². The van der Waals surface area contributed by atoms with Crippen LogP contribution in [0.4, 0.5) is 0 Å². The normalized spacial score (nSPS) is 12.2. The van der Waals surface area contributed by atoms with Gasteiger partial charge in [-0.05, 0) is 31.5 Å². The number of hydrogen-bond donors (Lipinski definition) is 3. The van der Waals surface area contributed by atoms with Crippen LogP contribution in [0.15, 0.2) is 29.2 Å². The zero-order chi connectivity index (χ0) is 15.4. The highest BCUT2D eigenvalue weighted by molar-refractivity contribution is 7.88. The van der Waals surface area contributed by atoms with Gasteiger partial charge < -0.3 is 5.32 Å². The number of hydrogen-bond acceptors (Lipinski definition) is 4. The minimum atomic E-state index is -3.30. The average Bonchev–Trinajstić information content (AvgIpc) is 2.27. The fraction of sp³-hybridized carbons (Fsp3) is 0.462. The SMILES string of the molecule is CC(C)(CNC(=O)Cc1ccc(S)cc1)NS(C)(=O)=O. The molecule has 0 fully saturated rings. The molecule has 20 heavy (non-hydrogen) atoms. The summed E-state index contributed by atoms with van der Waals surface area (Å²) in [5, 5.41) is 2.72. The molecule has 0 heterocycles. The predicted molar refractivity (Wildman–Crippen MR) is 82.5 cm³/mol. The van der Waals surface area contributed by atoms with Crippen LogP contribution in [0, 0.1) is 0 Å². The number of carbonyl (C=O) groups is 1. The van der Waals surface area contributed by atoms with Crippen molar-refractivity contribution in [1.29, 1.82) is 0 Å². The van der Waals surface area contributed by atoms with Crippen molar-refractivity contribution in [3.8, 4) is 0 Å². The van der Waals surface area contributed by atoms with Gasteiger partial charge in [0.25, 0.3) is 0 Å². The van der Waals surface area contributed by atoms with Crippen molar-refractivity contribution in [1.82, 2.24) is 10.0 Å². The van der Waals surface area contributed by atoms with E-state index < -0.39 is 15.6 Å². The molecule has 112 valence electrons. The Morgan fingerprint density at radius 1 is 1.25 bits per heavy atom. The third-order valence-electron chi connectivity index (χ3n) is 2.49. The van der Waals surface area contributed by atoms with Crippen molar-refractivity contribution >= 4 is 28.6 Å². The van der Waals surface area contributed by atoms with Crippen LogP contribution in [-0.4, -0.2) is 32.7 Å². The Labute approximate surface area is 125 Å². The van der Waals surface area contributed by atoms with E-state index in [-0.39, 0.29) is 18.9 Å². The molecule has 0 unspecified atom stereocenters. The maximum atomic E-state index is 11.8. The second-order valence-electron chi connectivity index (χ2n) is 5.38. The summed E-state index contributed by atoms with van der Waals surface area (Å²) in [7, 11) is -3.30. The first-order chi connectivity index (χ1) is 9.07. The van der Waals surface area contributed by atoms with E-state index in [4.69, 9.17) is 0 Å². The van der Waals surface area contributed by atoms with Gasteiger partial charge in [-0.15, -0.1) is 12.6 Å². The molecule has 2 N–H and O–H groups in total. The van der Waals surface area contributed by atoms with Crippen molar-refractivity contribution in [3.63, 3.8) is 0 Å². The molecule has 1 aromatic carbocycles. The van der Waals surface area contributed by atoms with Crippen LogP contribution in [0.3, 0.4) is 0 Å². The molecule has 0 atom stereocenters. The molecule has 0 spiro atoms. The topological polar surface area (TPSA) is 75.3 Å². The van der Waals surface area contributed by atoms with Gasteiger partial charge in [-0.1, -0.05) is 12.1 Å². The summed E-state index contributed by atoms with van der Waals surface area (Å²) in [6, 6.07) is 7.31. The van der Waals surface area contributed by atoms with E-state index in [0.717, 1.165) is 16.7 Å². The molecule has 1 amide bonds. The molecule has 5 nitrogen and oxygen atoms in total. The molecule has 0 aliphatic carbocycles. The van der Waals surface area contributed by atoms with Gasteiger partial charge in [-0.2, -0.15) is 0 Å². The van der Waals surface area contributed by atoms with Crippen LogP contribution in [0.1, 0.15) is 19.4 Å². The zero-order valence-electron chi connectivity index (χ0n) is 11.8. The Bertz CT molecular complexity index is 566. The summed E-state index contributed by atoms with van der Waals surface area (Å²) >= 11 is 4.18. The minimum Gasteiger partial charge on any atom is -0.354 e. The second kappa shape index (κ2) is 6.60. The standard InChI is InChI=1S/C13H20N2O3S2/c1-13(2,15-20(3,17)18)9-14-12(16)8-10-4-6-11(19)7-5-10/h4-7,15,19H,8-9H2,1-3H3,(H,14,16). The van der Waals surface area contributed by atoms with Crippen LogP contribution in [0.25, 0.3) is 0 Å². The molecule has 0 aliphatic heterocycles. The Hall–Kier alpha value is -1.05. The average molecular weight is 316 g/mol. The Morgan fingerprint density at radius 3 is 2.30 bits per heavy atom. The molecule has 7 heteroatoms. The first-order valence-electron chi connectivity index (χ1n) is 6.11. The third kappa shape index (κ3) is 6.93. The summed E-state index contributed by atoms with van der Waals surface area (Å²) in [6.45, 7) is 3.65.